The Hall–Kier alpha value is -0.930. The van der Waals surface area contributed by atoms with Crippen LogP contribution < -0.4 is 10.6 Å². The van der Waals surface area contributed by atoms with E-state index in [9.17, 15) is 4.39 Å². The molecule has 2 N–H and O–H groups in total. The highest BCUT2D eigenvalue weighted by Gasteiger charge is 2.39. The minimum Gasteiger partial charge on any atom is -0.381 e. The first-order chi connectivity index (χ1) is 13.1. The number of aryl methyl sites for hydroxylation is 1. The number of guanidine groups is 1. The van der Waals surface area contributed by atoms with Crippen molar-refractivity contribution in [1.82, 2.24) is 15.5 Å². The van der Waals surface area contributed by atoms with Crippen LogP contribution in [-0.4, -0.2) is 62.8 Å². The van der Waals surface area contributed by atoms with Crippen LogP contribution in [0.4, 0.5) is 4.39 Å². The molecule has 2 heterocycles. The molecule has 0 bridgehead atoms. The van der Waals surface area contributed by atoms with Crippen LogP contribution in [0.15, 0.2) is 23.2 Å². The molecule has 0 aliphatic carbocycles. The summed E-state index contributed by atoms with van der Waals surface area (Å²) >= 11 is 0. The molecule has 2 aliphatic heterocycles. The van der Waals surface area contributed by atoms with Crippen molar-refractivity contribution in [3.8, 4) is 0 Å². The smallest absolute Gasteiger partial charge is 0.191 e. The van der Waals surface area contributed by atoms with E-state index in [4.69, 9.17) is 4.74 Å². The van der Waals surface area contributed by atoms with E-state index in [1.165, 1.54) is 32.0 Å². The van der Waals surface area contributed by atoms with Crippen molar-refractivity contribution in [2.75, 3.05) is 46.4 Å². The van der Waals surface area contributed by atoms with Crippen LogP contribution in [0.3, 0.4) is 0 Å². The highest BCUT2D eigenvalue weighted by Crippen LogP contribution is 2.30. The van der Waals surface area contributed by atoms with Gasteiger partial charge in [-0.25, -0.2) is 4.39 Å². The van der Waals surface area contributed by atoms with E-state index < -0.39 is 0 Å². The Labute approximate surface area is 185 Å². The van der Waals surface area contributed by atoms with Gasteiger partial charge >= 0.3 is 0 Å². The summed E-state index contributed by atoms with van der Waals surface area (Å²) in [5, 5.41) is 6.95. The molecular formula is C21H34FIN4O. The monoisotopic (exact) mass is 504 g/mol. The number of aliphatic imine (C=N–C) groups is 1. The Morgan fingerprint density at radius 2 is 1.93 bits per heavy atom. The number of benzene rings is 1. The van der Waals surface area contributed by atoms with E-state index in [2.05, 4.69) is 20.5 Å². The minimum atomic E-state index is -0.176. The van der Waals surface area contributed by atoms with Gasteiger partial charge in [0, 0.05) is 38.9 Å². The van der Waals surface area contributed by atoms with Gasteiger partial charge in [0.2, 0.25) is 0 Å². The third kappa shape index (κ3) is 6.03. The van der Waals surface area contributed by atoms with Gasteiger partial charge in [-0.1, -0.05) is 6.07 Å². The second-order valence-electron chi connectivity index (χ2n) is 7.70. The fourth-order valence-corrected chi connectivity index (χ4v) is 4.27. The van der Waals surface area contributed by atoms with Crippen molar-refractivity contribution in [2.24, 2.45) is 4.99 Å². The summed E-state index contributed by atoms with van der Waals surface area (Å²) in [5.41, 5.74) is 2.34. The fourth-order valence-electron chi connectivity index (χ4n) is 4.27. The molecule has 7 heteroatoms. The van der Waals surface area contributed by atoms with Crippen molar-refractivity contribution in [3.63, 3.8) is 0 Å². The summed E-state index contributed by atoms with van der Waals surface area (Å²) in [5.74, 6) is 0.658. The molecule has 0 radical (unpaired) electrons. The van der Waals surface area contributed by atoms with E-state index in [1.54, 1.807) is 6.07 Å². The fraction of sp³-hybridized carbons (Fsp3) is 0.667. The summed E-state index contributed by atoms with van der Waals surface area (Å²) in [4.78, 5) is 7.03. The zero-order valence-electron chi connectivity index (χ0n) is 17.1. The Kier molecular flexibility index (Phi) is 9.43. The second kappa shape index (κ2) is 11.3. The molecular weight excluding hydrogens is 470 g/mol. The van der Waals surface area contributed by atoms with E-state index in [0.29, 0.717) is 0 Å². The zero-order chi connectivity index (χ0) is 19.1. The normalized spacial score (nSPS) is 19.9. The van der Waals surface area contributed by atoms with Crippen LogP contribution >= 0.6 is 24.0 Å². The van der Waals surface area contributed by atoms with Gasteiger partial charge in [0.1, 0.15) is 5.82 Å². The number of nitrogens with zero attached hydrogens (tertiary/aromatic N) is 2. The van der Waals surface area contributed by atoms with Gasteiger partial charge in [0.15, 0.2) is 5.96 Å². The number of nitrogens with one attached hydrogen (secondary N) is 2. The quantitative estimate of drug-likeness (QED) is 0.355. The maximum absolute atomic E-state index is 13.2. The molecule has 1 aromatic rings. The predicted molar refractivity (Wildman–Crippen MR) is 123 cm³/mol. The van der Waals surface area contributed by atoms with Crippen molar-refractivity contribution in [1.29, 1.82) is 0 Å². The molecule has 3 rings (SSSR count). The number of likely N-dealkylation sites (tertiary alicyclic amines) is 1. The number of hydrogen-bond acceptors (Lipinski definition) is 3. The molecule has 1 aromatic carbocycles. The Balaban J connectivity index is 0.00000280. The molecule has 2 saturated heterocycles. The first-order valence-electron chi connectivity index (χ1n) is 10.2. The largest absolute Gasteiger partial charge is 0.381 e. The lowest BCUT2D eigenvalue weighted by molar-refractivity contribution is -0.0164. The third-order valence-electron chi connectivity index (χ3n) is 6.00. The molecule has 0 amide bonds. The molecule has 0 spiro atoms. The van der Waals surface area contributed by atoms with Crippen LogP contribution in [0.25, 0.3) is 0 Å². The average Bonchev–Trinajstić information content (AvgIpc) is 3.22. The Morgan fingerprint density at radius 1 is 1.21 bits per heavy atom. The maximum atomic E-state index is 13.2. The van der Waals surface area contributed by atoms with E-state index in [0.717, 1.165) is 62.7 Å². The lowest BCUT2D eigenvalue weighted by Gasteiger charge is -2.45. The lowest BCUT2D eigenvalue weighted by atomic mass is 9.88. The zero-order valence-corrected chi connectivity index (χ0v) is 19.4. The first kappa shape index (κ1) is 23.3. The van der Waals surface area contributed by atoms with Crippen LogP contribution in [0.5, 0.6) is 0 Å². The molecule has 0 atom stereocenters. The van der Waals surface area contributed by atoms with Crippen molar-refractivity contribution < 1.29 is 9.13 Å². The molecule has 158 valence electrons. The van der Waals surface area contributed by atoms with Crippen LogP contribution in [0, 0.1) is 12.7 Å². The van der Waals surface area contributed by atoms with Crippen molar-refractivity contribution >= 4 is 29.9 Å². The maximum Gasteiger partial charge on any atom is 0.191 e. The van der Waals surface area contributed by atoms with Gasteiger partial charge in [0.25, 0.3) is 0 Å². The third-order valence-corrected chi connectivity index (χ3v) is 6.00. The number of rotatable bonds is 6. The van der Waals surface area contributed by atoms with Gasteiger partial charge in [0.05, 0.1) is 0 Å². The van der Waals surface area contributed by atoms with Gasteiger partial charge in [-0.3, -0.25) is 9.89 Å². The average molecular weight is 504 g/mol. The number of hydrogen-bond donors (Lipinski definition) is 2. The second-order valence-corrected chi connectivity index (χ2v) is 7.70. The van der Waals surface area contributed by atoms with E-state index in [-0.39, 0.29) is 35.3 Å². The number of ether oxygens (including phenoxy) is 1. The highest BCUT2D eigenvalue weighted by atomic mass is 127. The highest BCUT2D eigenvalue weighted by molar-refractivity contribution is 14.0. The lowest BCUT2D eigenvalue weighted by Crippen LogP contribution is -2.58. The SMILES string of the molecule is CN=C(NCCc1ccc(F)cc1C)NCC1(N2CCCC2)CCOCC1.I. The summed E-state index contributed by atoms with van der Waals surface area (Å²) in [6.45, 7) is 7.69. The van der Waals surface area contributed by atoms with E-state index >= 15 is 0 Å². The van der Waals surface area contributed by atoms with Gasteiger partial charge in [-0.05, 0) is 75.4 Å². The molecule has 2 fully saturated rings. The van der Waals surface area contributed by atoms with Crippen LogP contribution in [0.2, 0.25) is 0 Å². The van der Waals surface area contributed by atoms with Crippen LogP contribution in [-0.2, 0) is 11.2 Å². The standard InChI is InChI=1S/C21H33FN4O.HI/c1-17-15-19(22)6-5-18(17)7-10-24-20(23-2)25-16-21(8-13-27-14-9-21)26-11-3-4-12-26;/h5-6,15H,3-4,7-14,16H2,1-2H3,(H2,23,24,25);1H. The van der Waals surface area contributed by atoms with Crippen LogP contribution in [0.1, 0.15) is 36.8 Å². The Bertz CT molecular complexity index is 643. The Morgan fingerprint density at radius 3 is 2.57 bits per heavy atom. The topological polar surface area (TPSA) is 48.9 Å². The predicted octanol–water partition coefficient (Wildman–Crippen LogP) is 3.10. The molecule has 0 aromatic heterocycles. The summed E-state index contributed by atoms with van der Waals surface area (Å²) in [6.07, 6.45) is 5.59. The van der Waals surface area contributed by atoms with Gasteiger partial charge in [-0.15, -0.1) is 24.0 Å². The van der Waals surface area contributed by atoms with Crippen molar-refractivity contribution in [3.05, 3.63) is 35.1 Å². The van der Waals surface area contributed by atoms with Gasteiger partial charge < -0.3 is 15.4 Å². The van der Waals surface area contributed by atoms with Gasteiger partial charge in [-0.2, -0.15) is 0 Å². The molecule has 0 saturated carbocycles. The molecule has 0 unspecified atom stereocenters. The molecule has 2 aliphatic rings. The number of halogens is 2. The molecule has 28 heavy (non-hydrogen) atoms. The van der Waals surface area contributed by atoms with Crippen molar-refractivity contribution in [2.45, 2.75) is 44.6 Å². The summed E-state index contributed by atoms with van der Waals surface area (Å²) < 4.78 is 18.9. The summed E-state index contributed by atoms with van der Waals surface area (Å²) in [6, 6.07) is 4.99. The first-order valence-corrected chi connectivity index (χ1v) is 10.2. The molecule has 5 nitrogen and oxygen atoms in total. The van der Waals surface area contributed by atoms with E-state index in [1.807, 2.05) is 20.0 Å². The minimum absolute atomic E-state index is 0. The summed E-state index contributed by atoms with van der Waals surface area (Å²) in [7, 11) is 1.81.